The molecule has 0 fully saturated rings. The van der Waals surface area contributed by atoms with E-state index in [9.17, 15) is 8.78 Å². The van der Waals surface area contributed by atoms with Crippen LogP contribution >= 0.6 is 0 Å². The van der Waals surface area contributed by atoms with Crippen LogP contribution in [0.1, 0.15) is 23.7 Å². The monoisotopic (exact) mass is 408 g/mol. The number of benzene rings is 2. The van der Waals surface area contributed by atoms with Crippen LogP contribution in [0.15, 0.2) is 61.3 Å². The first kappa shape index (κ1) is 19.4. The van der Waals surface area contributed by atoms with Gasteiger partial charge < -0.3 is 4.74 Å². The highest BCUT2D eigenvalue weighted by molar-refractivity contribution is 5.77. The van der Waals surface area contributed by atoms with Gasteiger partial charge in [-0.15, -0.1) is 5.10 Å². The Labute approximate surface area is 171 Å². The van der Waals surface area contributed by atoms with Gasteiger partial charge in [-0.05, 0) is 38.1 Å². The van der Waals surface area contributed by atoms with Crippen LogP contribution in [0.3, 0.4) is 0 Å². The number of hydrogen-bond donors (Lipinski definition) is 0. The summed E-state index contributed by atoms with van der Waals surface area (Å²) in [5.74, 6) is -1.22. The molecule has 0 amide bonds. The fourth-order valence-corrected chi connectivity index (χ4v) is 2.87. The number of aromatic nitrogens is 6. The Morgan fingerprint density at radius 3 is 2.60 bits per heavy atom. The van der Waals surface area contributed by atoms with Crippen LogP contribution in [-0.2, 0) is 11.3 Å². The molecule has 0 spiro atoms. The van der Waals surface area contributed by atoms with Crippen molar-refractivity contribution in [3.63, 3.8) is 0 Å². The van der Waals surface area contributed by atoms with E-state index in [1.54, 1.807) is 17.8 Å². The summed E-state index contributed by atoms with van der Waals surface area (Å²) in [6.07, 6.45) is 4.55. The maximum atomic E-state index is 14.5. The van der Waals surface area contributed by atoms with Crippen molar-refractivity contribution in [1.82, 2.24) is 29.8 Å². The van der Waals surface area contributed by atoms with Gasteiger partial charge in [-0.2, -0.15) is 5.10 Å². The zero-order chi connectivity index (χ0) is 21.1. The Kier molecular flexibility index (Phi) is 5.34. The molecule has 30 heavy (non-hydrogen) atoms. The lowest BCUT2D eigenvalue weighted by Crippen LogP contribution is -2.04. The molecule has 152 valence electrons. The lowest BCUT2D eigenvalue weighted by Gasteiger charge is -2.14. The topological polar surface area (TPSA) is 70.7 Å². The molecule has 7 nitrogen and oxygen atoms in total. The van der Waals surface area contributed by atoms with Crippen LogP contribution in [0.2, 0.25) is 0 Å². The molecule has 0 radical (unpaired) electrons. The van der Waals surface area contributed by atoms with Crippen LogP contribution in [0.25, 0.3) is 17.1 Å². The predicted molar refractivity (Wildman–Crippen MR) is 106 cm³/mol. The number of allylic oxidation sites excluding steroid dienone is 1. The lowest BCUT2D eigenvalue weighted by molar-refractivity contribution is 0.258. The quantitative estimate of drug-likeness (QED) is 0.451. The van der Waals surface area contributed by atoms with Crippen LogP contribution in [0.4, 0.5) is 8.78 Å². The van der Waals surface area contributed by atoms with E-state index < -0.39 is 11.6 Å². The van der Waals surface area contributed by atoms with Gasteiger partial charge in [0, 0.05) is 6.07 Å². The number of hydrogen-bond acceptors (Lipinski definition) is 5. The second kappa shape index (κ2) is 8.24. The third-order valence-corrected chi connectivity index (χ3v) is 4.47. The molecule has 4 aromatic rings. The summed E-state index contributed by atoms with van der Waals surface area (Å²) < 4.78 is 36.8. The molecule has 2 aromatic carbocycles. The van der Waals surface area contributed by atoms with Crippen molar-refractivity contribution in [3.05, 3.63) is 89.8 Å². The van der Waals surface area contributed by atoms with Crippen molar-refractivity contribution in [2.24, 2.45) is 0 Å². The molecule has 0 N–H and O–H groups in total. The number of aryl methyl sites for hydroxylation is 1. The maximum absolute atomic E-state index is 14.5. The van der Waals surface area contributed by atoms with Gasteiger partial charge in [0.2, 0.25) is 0 Å². The molecule has 0 saturated heterocycles. The van der Waals surface area contributed by atoms with E-state index in [1.807, 2.05) is 31.2 Å². The van der Waals surface area contributed by atoms with Crippen molar-refractivity contribution < 1.29 is 13.5 Å². The molecule has 2 aromatic heterocycles. The Hall–Kier alpha value is -3.88. The Morgan fingerprint density at radius 2 is 1.90 bits per heavy atom. The average molecular weight is 408 g/mol. The highest BCUT2D eigenvalue weighted by atomic mass is 19.1. The van der Waals surface area contributed by atoms with Crippen LogP contribution in [0.5, 0.6) is 0 Å². The SMILES string of the molecule is C/C(=C(/OCc1cn(-c2ccc(C)cc2)nn1)c1ccc(F)cc1F)n1cncn1. The van der Waals surface area contributed by atoms with Gasteiger partial charge in [-0.1, -0.05) is 22.9 Å². The van der Waals surface area contributed by atoms with Crippen molar-refractivity contribution in [3.8, 4) is 5.69 Å². The molecule has 0 aliphatic carbocycles. The molecular formula is C21H18F2N6O. The summed E-state index contributed by atoms with van der Waals surface area (Å²) in [7, 11) is 0. The summed E-state index contributed by atoms with van der Waals surface area (Å²) in [5.41, 5.74) is 3.14. The van der Waals surface area contributed by atoms with Crippen molar-refractivity contribution in [1.29, 1.82) is 0 Å². The minimum Gasteiger partial charge on any atom is -0.485 e. The second-order valence-electron chi connectivity index (χ2n) is 6.66. The number of nitrogens with zero attached hydrogens (tertiary/aromatic N) is 6. The first-order valence-electron chi connectivity index (χ1n) is 9.13. The van der Waals surface area contributed by atoms with Crippen LogP contribution in [0, 0.1) is 18.6 Å². The van der Waals surface area contributed by atoms with E-state index in [-0.39, 0.29) is 17.9 Å². The predicted octanol–water partition coefficient (Wildman–Crippen LogP) is 4.01. The van der Waals surface area contributed by atoms with E-state index in [2.05, 4.69) is 20.4 Å². The second-order valence-corrected chi connectivity index (χ2v) is 6.66. The first-order valence-corrected chi connectivity index (χ1v) is 9.13. The molecule has 0 aliphatic heterocycles. The highest BCUT2D eigenvalue weighted by Gasteiger charge is 2.16. The van der Waals surface area contributed by atoms with E-state index in [0.717, 1.165) is 17.3 Å². The minimum absolute atomic E-state index is 0.0318. The smallest absolute Gasteiger partial charge is 0.151 e. The molecule has 4 rings (SSSR count). The third kappa shape index (κ3) is 4.09. The standard InChI is InChI=1S/C21H18F2N6O/c1-14-3-6-18(7-4-14)28-10-17(26-27-28)11-30-21(15(2)29-13-24-12-25-29)19-8-5-16(22)9-20(19)23/h3-10,12-13H,11H2,1-2H3/b21-15-. The molecule has 2 heterocycles. The highest BCUT2D eigenvalue weighted by Crippen LogP contribution is 2.26. The number of rotatable bonds is 6. The van der Waals surface area contributed by atoms with E-state index >= 15 is 0 Å². The Bertz CT molecular complexity index is 1180. The molecule has 0 unspecified atom stereocenters. The normalized spacial score (nSPS) is 12.0. The summed E-state index contributed by atoms with van der Waals surface area (Å²) >= 11 is 0. The number of ether oxygens (including phenoxy) is 1. The van der Waals surface area contributed by atoms with Gasteiger partial charge in [0.15, 0.2) is 5.76 Å². The van der Waals surface area contributed by atoms with Crippen molar-refractivity contribution in [2.75, 3.05) is 0 Å². The largest absolute Gasteiger partial charge is 0.485 e. The van der Waals surface area contributed by atoms with Gasteiger partial charge in [0.25, 0.3) is 0 Å². The fraction of sp³-hybridized carbons (Fsp3) is 0.143. The van der Waals surface area contributed by atoms with Crippen LogP contribution < -0.4 is 0 Å². The van der Waals surface area contributed by atoms with Gasteiger partial charge >= 0.3 is 0 Å². The van der Waals surface area contributed by atoms with Gasteiger partial charge in [-0.3, -0.25) is 0 Å². The zero-order valence-corrected chi connectivity index (χ0v) is 16.3. The summed E-state index contributed by atoms with van der Waals surface area (Å²) in [6.45, 7) is 3.74. The van der Waals surface area contributed by atoms with Gasteiger partial charge in [-0.25, -0.2) is 23.1 Å². The van der Waals surface area contributed by atoms with E-state index in [4.69, 9.17) is 4.74 Å². The van der Waals surface area contributed by atoms with Crippen LogP contribution in [-0.4, -0.2) is 29.8 Å². The molecule has 0 saturated carbocycles. The van der Waals surface area contributed by atoms with E-state index in [0.29, 0.717) is 11.4 Å². The summed E-state index contributed by atoms with van der Waals surface area (Å²) in [5, 5.41) is 12.3. The average Bonchev–Trinajstić information content (AvgIpc) is 3.42. The molecule has 9 heteroatoms. The van der Waals surface area contributed by atoms with Gasteiger partial charge in [0.1, 0.15) is 36.6 Å². The van der Waals surface area contributed by atoms with Crippen molar-refractivity contribution in [2.45, 2.75) is 20.5 Å². The van der Waals surface area contributed by atoms with Gasteiger partial charge in [0.05, 0.1) is 23.1 Å². The zero-order valence-electron chi connectivity index (χ0n) is 16.3. The Morgan fingerprint density at radius 1 is 1.10 bits per heavy atom. The minimum atomic E-state index is -0.743. The maximum Gasteiger partial charge on any atom is 0.151 e. The molecule has 0 atom stereocenters. The lowest BCUT2D eigenvalue weighted by atomic mass is 10.1. The first-order chi connectivity index (χ1) is 14.5. The fourth-order valence-electron chi connectivity index (χ4n) is 2.87. The number of halogens is 2. The molecule has 0 aliphatic rings. The molecule has 0 bridgehead atoms. The Balaban J connectivity index is 1.62. The molecular weight excluding hydrogens is 390 g/mol. The summed E-state index contributed by atoms with van der Waals surface area (Å²) in [4.78, 5) is 3.90. The third-order valence-electron chi connectivity index (χ3n) is 4.47. The van der Waals surface area contributed by atoms with E-state index in [1.165, 1.54) is 29.5 Å². The van der Waals surface area contributed by atoms with Crippen molar-refractivity contribution >= 4 is 11.5 Å². The summed E-state index contributed by atoms with van der Waals surface area (Å²) in [6, 6.07) is 11.1.